The summed E-state index contributed by atoms with van der Waals surface area (Å²) in [7, 11) is 0. The molecule has 2 rings (SSSR count). The fourth-order valence-electron chi connectivity index (χ4n) is 2.11. The third-order valence-corrected chi connectivity index (χ3v) is 4.33. The molecule has 1 aliphatic heterocycles. The Kier molecular flexibility index (Phi) is 5.92. The van der Waals surface area contributed by atoms with Crippen LogP contribution in [0.1, 0.15) is 25.3 Å². The summed E-state index contributed by atoms with van der Waals surface area (Å²) in [6, 6.07) is 1.62. The van der Waals surface area contributed by atoms with Crippen LogP contribution in [0.2, 0.25) is 15.1 Å². The van der Waals surface area contributed by atoms with E-state index in [4.69, 9.17) is 44.6 Å². The van der Waals surface area contributed by atoms with Crippen LogP contribution in [0.4, 0.5) is 0 Å². The summed E-state index contributed by atoms with van der Waals surface area (Å²) in [5.41, 5.74) is 3.62. The highest BCUT2D eigenvalue weighted by atomic mass is 35.5. The topological polar surface area (TPSA) is 70.9 Å². The Bertz CT molecular complexity index is 620. The van der Waals surface area contributed by atoms with E-state index in [0.717, 1.165) is 0 Å². The first-order valence-electron chi connectivity index (χ1n) is 6.73. The number of carbonyl (C=O) groups excluding carboxylic acids is 1. The molecule has 0 radical (unpaired) electrons. The van der Waals surface area contributed by atoms with Crippen molar-refractivity contribution in [2.24, 2.45) is 11.0 Å². The normalized spacial score (nSPS) is 18.0. The molecule has 8 heteroatoms. The first-order chi connectivity index (χ1) is 10.5. The van der Waals surface area contributed by atoms with Gasteiger partial charge < -0.3 is 9.84 Å². The number of amides is 1. The van der Waals surface area contributed by atoms with Crippen molar-refractivity contribution < 1.29 is 14.6 Å². The first-order valence-corrected chi connectivity index (χ1v) is 7.87. The van der Waals surface area contributed by atoms with Crippen molar-refractivity contribution in [3.8, 4) is 5.75 Å². The molecule has 2 N–H and O–H groups in total. The Morgan fingerprint density at radius 2 is 2.14 bits per heavy atom. The van der Waals surface area contributed by atoms with Crippen molar-refractivity contribution >= 4 is 46.4 Å². The Morgan fingerprint density at radius 3 is 2.77 bits per heavy atom. The monoisotopic (exact) mass is 364 g/mol. The largest absolute Gasteiger partial charge is 0.490 e. The highest BCUT2D eigenvalue weighted by Gasteiger charge is 2.26. The second-order valence-corrected chi connectivity index (χ2v) is 6.09. The number of hydrogen-bond donors (Lipinski definition) is 2. The van der Waals surface area contributed by atoms with E-state index in [1.54, 1.807) is 6.07 Å². The molecule has 1 heterocycles. The molecule has 0 saturated heterocycles. The van der Waals surface area contributed by atoms with E-state index >= 15 is 0 Å². The number of benzene rings is 1. The minimum atomic E-state index is -0.145. The van der Waals surface area contributed by atoms with Gasteiger partial charge in [0.25, 0.3) is 0 Å². The Balaban J connectivity index is 2.37. The highest BCUT2D eigenvalue weighted by Crippen LogP contribution is 2.41. The fourth-order valence-corrected chi connectivity index (χ4v) is 2.92. The van der Waals surface area contributed by atoms with Gasteiger partial charge in [-0.1, -0.05) is 41.7 Å². The van der Waals surface area contributed by atoms with Crippen LogP contribution in [0.5, 0.6) is 5.75 Å². The van der Waals surface area contributed by atoms with Crippen molar-refractivity contribution in [3.05, 3.63) is 26.7 Å². The van der Waals surface area contributed by atoms with Gasteiger partial charge in [-0.25, -0.2) is 5.43 Å². The zero-order chi connectivity index (χ0) is 16.3. The van der Waals surface area contributed by atoms with E-state index < -0.39 is 0 Å². The second-order valence-electron chi connectivity index (χ2n) is 4.93. The molecule has 1 aromatic rings. The van der Waals surface area contributed by atoms with Gasteiger partial charge in [-0.15, -0.1) is 0 Å². The van der Waals surface area contributed by atoms with E-state index in [0.29, 0.717) is 29.1 Å². The number of aliphatic hydroxyl groups is 1. The van der Waals surface area contributed by atoms with Crippen LogP contribution in [0.3, 0.4) is 0 Å². The number of nitrogens with zero attached hydrogens (tertiary/aromatic N) is 1. The quantitative estimate of drug-likeness (QED) is 0.621. The molecule has 120 valence electrons. The third kappa shape index (κ3) is 3.66. The van der Waals surface area contributed by atoms with Crippen LogP contribution in [0.25, 0.3) is 0 Å². The predicted octanol–water partition coefficient (Wildman–Crippen LogP) is 3.27. The summed E-state index contributed by atoms with van der Waals surface area (Å²) in [5, 5.41) is 13.6. The molecule has 0 bridgehead atoms. The van der Waals surface area contributed by atoms with Crippen LogP contribution in [0.15, 0.2) is 11.2 Å². The van der Waals surface area contributed by atoms with Crippen molar-refractivity contribution in [2.45, 2.75) is 19.8 Å². The van der Waals surface area contributed by atoms with Crippen LogP contribution < -0.4 is 10.2 Å². The zero-order valence-corrected chi connectivity index (χ0v) is 14.1. The number of ether oxygens (including phenoxy) is 1. The smallest absolute Gasteiger partial charge is 0.240 e. The van der Waals surface area contributed by atoms with E-state index in [2.05, 4.69) is 10.5 Å². The molecule has 0 saturated carbocycles. The molecule has 0 aromatic heterocycles. The summed E-state index contributed by atoms with van der Waals surface area (Å²) in [6.07, 6.45) is 0.779. The lowest BCUT2D eigenvalue weighted by atomic mass is 9.94. The maximum absolute atomic E-state index is 11.3. The van der Waals surface area contributed by atoms with E-state index in [9.17, 15) is 4.79 Å². The van der Waals surface area contributed by atoms with Gasteiger partial charge in [-0.2, -0.15) is 5.10 Å². The van der Waals surface area contributed by atoms with E-state index in [1.165, 1.54) is 0 Å². The number of aliphatic hydroxyl groups excluding tert-OH is 1. The van der Waals surface area contributed by atoms with Gasteiger partial charge >= 0.3 is 0 Å². The SMILES string of the molecule is CC1CC(=O)NN=C1c1cc(Cl)c(OCCCO)c(Cl)c1Cl. The average Bonchev–Trinajstić information content (AvgIpc) is 2.47. The number of halogens is 3. The minimum absolute atomic E-state index is 0.00900. The number of hydrogen-bond acceptors (Lipinski definition) is 4. The van der Waals surface area contributed by atoms with Gasteiger partial charge in [0.2, 0.25) is 5.91 Å². The molecule has 0 spiro atoms. The van der Waals surface area contributed by atoms with E-state index in [1.807, 2.05) is 6.92 Å². The highest BCUT2D eigenvalue weighted by molar-refractivity contribution is 6.47. The molecule has 1 unspecified atom stereocenters. The van der Waals surface area contributed by atoms with Crippen molar-refractivity contribution in [1.29, 1.82) is 0 Å². The summed E-state index contributed by atoms with van der Waals surface area (Å²) in [5.74, 6) is 0.0340. The molecule has 22 heavy (non-hydrogen) atoms. The minimum Gasteiger partial charge on any atom is -0.490 e. The predicted molar refractivity (Wildman–Crippen MR) is 87.1 cm³/mol. The number of rotatable bonds is 5. The maximum Gasteiger partial charge on any atom is 0.240 e. The summed E-state index contributed by atoms with van der Waals surface area (Å²) >= 11 is 18.7. The van der Waals surface area contributed by atoms with Crippen LogP contribution in [0, 0.1) is 5.92 Å². The summed E-state index contributed by atoms with van der Waals surface area (Å²) in [4.78, 5) is 11.3. The Hall–Kier alpha value is -1.01. The van der Waals surface area contributed by atoms with Gasteiger partial charge in [0.15, 0.2) is 5.75 Å². The third-order valence-electron chi connectivity index (χ3n) is 3.20. The number of nitrogens with one attached hydrogen (secondary N) is 1. The number of hydrazone groups is 1. The fraction of sp³-hybridized carbons (Fsp3) is 0.429. The molecule has 5 nitrogen and oxygen atoms in total. The lowest BCUT2D eigenvalue weighted by molar-refractivity contribution is -0.121. The van der Waals surface area contributed by atoms with Crippen LogP contribution >= 0.6 is 34.8 Å². The lowest BCUT2D eigenvalue weighted by Crippen LogP contribution is -2.32. The van der Waals surface area contributed by atoms with Gasteiger partial charge in [-0.05, 0) is 6.07 Å². The van der Waals surface area contributed by atoms with Crippen LogP contribution in [-0.4, -0.2) is 29.9 Å². The van der Waals surface area contributed by atoms with Crippen molar-refractivity contribution in [3.63, 3.8) is 0 Å². The molecule has 1 amide bonds. The van der Waals surface area contributed by atoms with Crippen molar-refractivity contribution in [2.75, 3.05) is 13.2 Å². The summed E-state index contributed by atoms with van der Waals surface area (Å²) < 4.78 is 5.46. The van der Waals surface area contributed by atoms with Gasteiger partial charge in [-0.3, -0.25) is 4.79 Å². The second kappa shape index (κ2) is 7.51. The lowest BCUT2D eigenvalue weighted by Gasteiger charge is -2.21. The van der Waals surface area contributed by atoms with E-state index in [-0.39, 0.29) is 40.8 Å². The molecule has 0 aliphatic carbocycles. The molecule has 0 fully saturated rings. The maximum atomic E-state index is 11.3. The summed E-state index contributed by atoms with van der Waals surface area (Å²) in [6.45, 7) is 2.16. The van der Waals surface area contributed by atoms with Gasteiger partial charge in [0.1, 0.15) is 5.02 Å². The van der Waals surface area contributed by atoms with Gasteiger partial charge in [0, 0.05) is 30.9 Å². The molecule has 1 aromatic carbocycles. The average molecular weight is 366 g/mol. The van der Waals surface area contributed by atoms with Crippen LogP contribution in [-0.2, 0) is 4.79 Å². The van der Waals surface area contributed by atoms with Crippen molar-refractivity contribution in [1.82, 2.24) is 5.43 Å². The Labute approximate surface area is 143 Å². The molecule has 1 aliphatic rings. The molecule has 1 atom stereocenters. The van der Waals surface area contributed by atoms with Gasteiger partial charge in [0.05, 0.1) is 22.4 Å². The molecular weight excluding hydrogens is 351 g/mol. The Morgan fingerprint density at radius 1 is 1.41 bits per heavy atom. The first kappa shape index (κ1) is 17.3. The standard InChI is InChI=1S/C14H15Cl3N2O3/c1-7-5-10(21)18-19-13(7)8-6-9(15)14(12(17)11(8)16)22-4-2-3-20/h6-7,20H,2-5H2,1H3,(H,18,21). The molecular formula is C14H15Cl3N2O3. The zero-order valence-electron chi connectivity index (χ0n) is 11.8. The number of carbonyl (C=O) groups is 1.